The number of aromatic nitrogens is 4. The first-order valence-electron chi connectivity index (χ1n) is 6.80. The number of hydrogen-bond donors (Lipinski definition) is 1. The molecule has 3 heterocycles. The van der Waals surface area contributed by atoms with Crippen LogP contribution >= 0.6 is 41.9 Å². The summed E-state index contributed by atoms with van der Waals surface area (Å²) in [7, 11) is 3.08. The molecule has 0 aliphatic rings. The number of rotatable bonds is 3. The Kier molecular flexibility index (Phi) is 6.42. The minimum atomic E-state index is -0.496. The number of pyridine rings is 1. The largest absolute Gasteiger partial charge is 0.371 e. The lowest BCUT2D eigenvalue weighted by atomic mass is 10.2. The van der Waals surface area contributed by atoms with Crippen LogP contribution in [0.3, 0.4) is 0 Å². The molecule has 23 heavy (non-hydrogen) atoms. The van der Waals surface area contributed by atoms with Crippen LogP contribution in [0.4, 0.5) is 10.2 Å². The van der Waals surface area contributed by atoms with E-state index in [1.807, 2.05) is 24.0 Å². The number of fused-ring (bicyclic) bond motifs is 1. The van der Waals surface area contributed by atoms with E-state index in [-0.39, 0.29) is 5.82 Å². The molecule has 0 spiro atoms. The molecule has 0 saturated carbocycles. The lowest BCUT2D eigenvalue weighted by Crippen LogP contribution is -1.99. The molecule has 0 radical (unpaired) electrons. The Labute approximate surface area is 154 Å². The Morgan fingerprint density at radius 2 is 2.04 bits per heavy atom. The SMILES string of the molecule is CC.CNc1nc(-c2cn(SI)c3ncc(Cl)cc23)ncc1F. The molecule has 1 N–H and O–H groups in total. The van der Waals surface area contributed by atoms with Crippen LogP contribution < -0.4 is 5.32 Å². The lowest BCUT2D eigenvalue weighted by Gasteiger charge is -2.03. The molecule has 3 rings (SSSR count). The molecular weight excluding hydrogens is 452 g/mol. The fraction of sp³-hybridized carbons (Fsp3) is 0.214. The molecule has 0 fully saturated rings. The summed E-state index contributed by atoms with van der Waals surface area (Å²) in [5.74, 6) is 0.0708. The fourth-order valence-electron chi connectivity index (χ4n) is 1.96. The maximum atomic E-state index is 13.5. The van der Waals surface area contributed by atoms with Gasteiger partial charge in [0.1, 0.15) is 0 Å². The highest BCUT2D eigenvalue weighted by molar-refractivity contribution is 14.2. The van der Waals surface area contributed by atoms with E-state index < -0.39 is 5.82 Å². The highest BCUT2D eigenvalue weighted by Crippen LogP contribution is 2.33. The van der Waals surface area contributed by atoms with Crippen molar-refractivity contribution >= 4 is 58.8 Å². The van der Waals surface area contributed by atoms with E-state index in [0.29, 0.717) is 10.8 Å². The number of anilines is 1. The minimum absolute atomic E-state index is 0.151. The van der Waals surface area contributed by atoms with E-state index in [0.717, 1.165) is 22.8 Å². The van der Waals surface area contributed by atoms with Crippen molar-refractivity contribution in [2.24, 2.45) is 0 Å². The average molecular weight is 466 g/mol. The first kappa shape index (κ1) is 18.2. The monoisotopic (exact) mass is 465 g/mol. The Balaban J connectivity index is 0.000000924. The predicted octanol–water partition coefficient (Wildman–Crippen LogP) is 5.20. The normalized spacial score (nSPS) is 10.3. The van der Waals surface area contributed by atoms with Crippen molar-refractivity contribution in [3.63, 3.8) is 0 Å². The van der Waals surface area contributed by atoms with Gasteiger partial charge in [0.2, 0.25) is 0 Å². The van der Waals surface area contributed by atoms with Crippen molar-refractivity contribution in [1.29, 1.82) is 0 Å². The van der Waals surface area contributed by atoms with Crippen LogP contribution in [0.15, 0.2) is 24.7 Å². The summed E-state index contributed by atoms with van der Waals surface area (Å²) in [6, 6.07) is 1.80. The molecule has 122 valence electrons. The first-order chi connectivity index (χ1) is 11.1. The van der Waals surface area contributed by atoms with E-state index in [1.54, 1.807) is 19.3 Å². The van der Waals surface area contributed by atoms with E-state index >= 15 is 0 Å². The van der Waals surface area contributed by atoms with Gasteiger partial charge in [0.25, 0.3) is 0 Å². The molecule has 0 aromatic carbocycles. The second-order valence-electron chi connectivity index (χ2n) is 4.10. The quantitative estimate of drug-likeness (QED) is 0.539. The number of nitrogens with one attached hydrogen (secondary N) is 1. The zero-order valence-corrected chi connectivity index (χ0v) is 16.4. The summed E-state index contributed by atoms with van der Waals surface area (Å²) < 4.78 is 15.4. The lowest BCUT2D eigenvalue weighted by molar-refractivity contribution is 0.619. The van der Waals surface area contributed by atoms with E-state index in [1.165, 1.54) is 9.12 Å². The zero-order chi connectivity index (χ0) is 17.0. The van der Waals surface area contributed by atoms with Crippen molar-refractivity contribution in [3.8, 4) is 11.4 Å². The van der Waals surface area contributed by atoms with E-state index in [9.17, 15) is 4.39 Å². The Morgan fingerprint density at radius 3 is 2.70 bits per heavy atom. The van der Waals surface area contributed by atoms with Crippen molar-refractivity contribution in [3.05, 3.63) is 35.5 Å². The van der Waals surface area contributed by atoms with E-state index in [2.05, 4.69) is 41.5 Å². The summed E-state index contributed by atoms with van der Waals surface area (Å²) in [5, 5.41) is 4.05. The molecule has 0 saturated heterocycles. The number of nitrogens with zero attached hydrogens (tertiary/aromatic N) is 4. The zero-order valence-electron chi connectivity index (χ0n) is 12.6. The van der Waals surface area contributed by atoms with Crippen molar-refractivity contribution in [2.45, 2.75) is 13.8 Å². The van der Waals surface area contributed by atoms with Gasteiger partial charge in [-0.2, -0.15) is 0 Å². The molecule has 0 atom stereocenters. The summed E-state index contributed by atoms with van der Waals surface area (Å²) in [5.41, 5.74) is 1.51. The summed E-state index contributed by atoms with van der Waals surface area (Å²) in [6.07, 6.45) is 4.59. The number of hydrogen-bond acceptors (Lipinski definition) is 5. The molecule has 0 aliphatic carbocycles. The highest BCUT2D eigenvalue weighted by atomic mass is 127. The molecule has 9 heteroatoms. The molecular formula is C14H14ClFIN5S. The van der Waals surface area contributed by atoms with Gasteiger partial charge in [-0.05, 0) is 6.07 Å². The fourth-order valence-corrected chi connectivity index (χ4v) is 3.37. The maximum absolute atomic E-state index is 13.5. The Bertz CT molecular complexity index is 826. The van der Waals surface area contributed by atoms with Crippen molar-refractivity contribution < 1.29 is 4.39 Å². The predicted molar refractivity (Wildman–Crippen MR) is 104 cm³/mol. The van der Waals surface area contributed by atoms with Crippen LogP contribution in [-0.2, 0) is 0 Å². The van der Waals surface area contributed by atoms with E-state index in [4.69, 9.17) is 11.6 Å². The third-order valence-corrected chi connectivity index (χ3v) is 4.78. The van der Waals surface area contributed by atoms with Gasteiger partial charge in [-0.3, -0.25) is 3.97 Å². The topological polar surface area (TPSA) is 55.6 Å². The molecule has 3 aromatic rings. The molecule has 3 aromatic heterocycles. The molecule has 0 unspecified atom stereocenters. The standard InChI is InChI=1S/C12H8ClFIN5S.C2H6/c1-16-11-9(14)4-17-10(19-11)8-5-20(21-15)12-7(8)2-6(13)3-18-12;1-2/h2-5H,1H3,(H,16,17,19);1-2H3. The minimum Gasteiger partial charge on any atom is -0.371 e. The van der Waals surface area contributed by atoms with Gasteiger partial charge in [0.15, 0.2) is 23.1 Å². The van der Waals surface area contributed by atoms with Crippen LogP contribution in [0, 0.1) is 5.82 Å². The van der Waals surface area contributed by atoms with Gasteiger partial charge in [-0.15, -0.1) is 0 Å². The molecule has 0 bridgehead atoms. The van der Waals surface area contributed by atoms with Crippen LogP contribution in [0.1, 0.15) is 13.8 Å². The second kappa shape index (κ2) is 8.11. The third kappa shape index (κ3) is 3.69. The Hall–Kier alpha value is -1.13. The van der Waals surface area contributed by atoms with Crippen molar-refractivity contribution in [1.82, 2.24) is 18.9 Å². The highest BCUT2D eigenvalue weighted by Gasteiger charge is 2.16. The van der Waals surface area contributed by atoms with Crippen LogP contribution in [0.25, 0.3) is 22.4 Å². The van der Waals surface area contributed by atoms with Crippen LogP contribution in [-0.4, -0.2) is 26.0 Å². The maximum Gasteiger partial charge on any atom is 0.183 e. The van der Waals surface area contributed by atoms with Gasteiger partial charge < -0.3 is 5.32 Å². The van der Waals surface area contributed by atoms with Gasteiger partial charge in [0, 0.05) is 60.7 Å². The van der Waals surface area contributed by atoms with Gasteiger partial charge in [0.05, 0.1) is 11.2 Å². The molecule has 5 nitrogen and oxygen atoms in total. The van der Waals surface area contributed by atoms with Crippen molar-refractivity contribution in [2.75, 3.05) is 12.4 Å². The smallest absolute Gasteiger partial charge is 0.183 e. The third-order valence-electron chi connectivity index (χ3n) is 2.87. The number of halogens is 3. The van der Waals surface area contributed by atoms with Crippen LogP contribution in [0.2, 0.25) is 5.02 Å². The summed E-state index contributed by atoms with van der Waals surface area (Å²) >= 11 is 8.18. The van der Waals surface area contributed by atoms with Gasteiger partial charge in [-0.25, -0.2) is 19.3 Å². The van der Waals surface area contributed by atoms with Gasteiger partial charge in [-0.1, -0.05) is 25.4 Å². The molecule has 0 amide bonds. The molecule has 0 aliphatic heterocycles. The Morgan fingerprint density at radius 1 is 1.30 bits per heavy atom. The second-order valence-corrected chi connectivity index (χ2v) is 6.25. The average Bonchev–Trinajstić information content (AvgIpc) is 2.95. The van der Waals surface area contributed by atoms with Gasteiger partial charge >= 0.3 is 0 Å². The van der Waals surface area contributed by atoms with Crippen LogP contribution in [0.5, 0.6) is 0 Å². The summed E-state index contributed by atoms with van der Waals surface area (Å²) in [4.78, 5) is 12.6. The first-order valence-corrected chi connectivity index (χ1v) is 10.5. The summed E-state index contributed by atoms with van der Waals surface area (Å²) in [6.45, 7) is 4.00.